The molecule has 78 valence electrons. The van der Waals surface area contributed by atoms with Crippen molar-refractivity contribution in [2.45, 2.75) is 13.3 Å². The zero-order chi connectivity index (χ0) is 10.7. The smallest absolute Gasteiger partial charge is 0.118 e. The lowest BCUT2D eigenvalue weighted by atomic mass is 10.1. The molecule has 2 nitrogen and oxygen atoms in total. The van der Waals surface area contributed by atoms with E-state index in [0.717, 1.165) is 12.2 Å². The second kappa shape index (κ2) is 4.22. The third-order valence-corrected chi connectivity index (χ3v) is 2.45. The first-order valence-corrected chi connectivity index (χ1v) is 5.05. The summed E-state index contributed by atoms with van der Waals surface area (Å²) in [5, 5.41) is 0. The molecule has 1 aromatic heterocycles. The Morgan fingerprint density at radius 2 is 1.80 bits per heavy atom. The summed E-state index contributed by atoms with van der Waals surface area (Å²) in [6.45, 7) is 2.07. The number of hydrogen-bond acceptors (Lipinski definition) is 1. The van der Waals surface area contributed by atoms with E-state index in [1.165, 1.54) is 17.0 Å². The summed E-state index contributed by atoms with van der Waals surface area (Å²) >= 11 is 0. The third kappa shape index (κ3) is 2.40. The SMILES string of the molecule is COc1ccc(Cc2ccc(C)[nH]2)cc1. The van der Waals surface area contributed by atoms with Gasteiger partial charge in [-0.05, 0) is 36.8 Å². The zero-order valence-electron chi connectivity index (χ0n) is 9.08. The van der Waals surface area contributed by atoms with Gasteiger partial charge in [0.05, 0.1) is 7.11 Å². The molecule has 0 radical (unpaired) electrons. The minimum atomic E-state index is 0.904. The molecule has 0 bridgehead atoms. The molecule has 15 heavy (non-hydrogen) atoms. The average Bonchev–Trinajstić information content (AvgIpc) is 2.65. The van der Waals surface area contributed by atoms with Crippen molar-refractivity contribution >= 4 is 0 Å². The maximum Gasteiger partial charge on any atom is 0.118 e. The van der Waals surface area contributed by atoms with Crippen molar-refractivity contribution in [1.29, 1.82) is 0 Å². The number of rotatable bonds is 3. The highest BCUT2D eigenvalue weighted by atomic mass is 16.5. The summed E-state index contributed by atoms with van der Waals surface area (Å²) in [5.41, 5.74) is 3.74. The van der Waals surface area contributed by atoms with Gasteiger partial charge in [-0.3, -0.25) is 0 Å². The molecule has 2 rings (SSSR count). The van der Waals surface area contributed by atoms with Gasteiger partial charge in [-0.25, -0.2) is 0 Å². The van der Waals surface area contributed by atoms with Crippen LogP contribution in [0.15, 0.2) is 36.4 Å². The maximum absolute atomic E-state index is 5.12. The van der Waals surface area contributed by atoms with Gasteiger partial charge in [-0.15, -0.1) is 0 Å². The van der Waals surface area contributed by atoms with E-state index < -0.39 is 0 Å². The van der Waals surface area contributed by atoms with Gasteiger partial charge in [0.2, 0.25) is 0 Å². The average molecular weight is 201 g/mol. The summed E-state index contributed by atoms with van der Waals surface area (Å²) in [4.78, 5) is 3.32. The Bertz CT molecular complexity index is 428. The van der Waals surface area contributed by atoms with Gasteiger partial charge in [0, 0.05) is 17.8 Å². The Morgan fingerprint density at radius 3 is 2.33 bits per heavy atom. The number of nitrogens with one attached hydrogen (secondary N) is 1. The second-order valence-electron chi connectivity index (χ2n) is 3.69. The normalized spacial score (nSPS) is 10.3. The van der Waals surface area contributed by atoms with Crippen LogP contribution in [0.1, 0.15) is 17.0 Å². The molecule has 1 aromatic carbocycles. The lowest BCUT2D eigenvalue weighted by Gasteiger charge is -2.02. The Balaban J connectivity index is 2.11. The highest BCUT2D eigenvalue weighted by Gasteiger charge is 1.98. The van der Waals surface area contributed by atoms with Gasteiger partial charge in [0.1, 0.15) is 5.75 Å². The summed E-state index contributed by atoms with van der Waals surface area (Å²) in [6, 6.07) is 12.4. The molecule has 2 heteroatoms. The first-order chi connectivity index (χ1) is 7.28. The minimum Gasteiger partial charge on any atom is -0.497 e. The molecule has 0 aliphatic carbocycles. The number of aromatic nitrogens is 1. The fourth-order valence-corrected chi connectivity index (χ4v) is 1.63. The molecule has 0 fully saturated rings. The van der Waals surface area contributed by atoms with Crippen molar-refractivity contribution in [3.05, 3.63) is 53.3 Å². The van der Waals surface area contributed by atoms with E-state index in [0.29, 0.717) is 0 Å². The number of aryl methyl sites for hydroxylation is 1. The van der Waals surface area contributed by atoms with Crippen molar-refractivity contribution in [3.8, 4) is 5.75 Å². The summed E-state index contributed by atoms with van der Waals surface area (Å²) in [6.07, 6.45) is 0.942. The van der Waals surface area contributed by atoms with Gasteiger partial charge in [0.25, 0.3) is 0 Å². The molecule has 0 aliphatic heterocycles. The molecule has 1 heterocycles. The van der Waals surface area contributed by atoms with Crippen LogP contribution < -0.4 is 4.74 Å². The van der Waals surface area contributed by atoms with Crippen molar-refractivity contribution in [3.63, 3.8) is 0 Å². The van der Waals surface area contributed by atoms with Crippen LogP contribution in [-0.4, -0.2) is 12.1 Å². The fraction of sp³-hybridized carbons (Fsp3) is 0.231. The van der Waals surface area contributed by atoms with E-state index in [1.54, 1.807) is 7.11 Å². The Morgan fingerprint density at radius 1 is 1.07 bits per heavy atom. The van der Waals surface area contributed by atoms with Crippen LogP contribution >= 0.6 is 0 Å². The highest BCUT2D eigenvalue weighted by Crippen LogP contribution is 2.14. The maximum atomic E-state index is 5.12. The van der Waals surface area contributed by atoms with E-state index in [4.69, 9.17) is 4.74 Å². The van der Waals surface area contributed by atoms with E-state index in [2.05, 4.69) is 36.2 Å². The van der Waals surface area contributed by atoms with Gasteiger partial charge in [-0.1, -0.05) is 12.1 Å². The van der Waals surface area contributed by atoms with Crippen molar-refractivity contribution in [2.24, 2.45) is 0 Å². The molecular weight excluding hydrogens is 186 g/mol. The third-order valence-electron chi connectivity index (χ3n) is 2.45. The fourth-order valence-electron chi connectivity index (χ4n) is 1.63. The first kappa shape index (κ1) is 9.84. The number of aromatic amines is 1. The van der Waals surface area contributed by atoms with E-state index in [1.807, 2.05) is 12.1 Å². The first-order valence-electron chi connectivity index (χ1n) is 5.05. The minimum absolute atomic E-state index is 0.904. The highest BCUT2D eigenvalue weighted by molar-refractivity contribution is 5.30. The summed E-state index contributed by atoms with van der Waals surface area (Å²) < 4.78 is 5.12. The van der Waals surface area contributed by atoms with Crippen LogP contribution in [0.5, 0.6) is 5.75 Å². The molecule has 0 saturated carbocycles. The monoisotopic (exact) mass is 201 g/mol. The van der Waals surface area contributed by atoms with Crippen LogP contribution in [0.3, 0.4) is 0 Å². The predicted octanol–water partition coefficient (Wildman–Crippen LogP) is 2.92. The largest absolute Gasteiger partial charge is 0.497 e. The van der Waals surface area contributed by atoms with E-state index >= 15 is 0 Å². The molecule has 0 saturated heterocycles. The lowest BCUT2D eigenvalue weighted by molar-refractivity contribution is 0.414. The molecule has 0 atom stereocenters. The topological polar surface area (TPSA) is 25.0 Å². The van der Waals surface area contributed by atoms with Gasteiger partial charge in [0.15, 0.2) is 0 Å². The lowest BCUT2D eigenvalue weighted by Crippen LogP contribution is -1.89. The Kier molecular flexibility index (Phi) is 2.77. The van der Waals surface area contributed by atoms with E-state index in [-0.39, 0.29) is 0 Å². The van der Waals surface area contributed by atoms with E-state index in [9.17, 15) is 0 Å². The van der Waals surface area contributed by atoms with Crippen molar-refractivity contribution in [1.82, 2.24) is 4.98 Å². The number of H-pyrrole nitrogens is 1. The van der Waals surface area contributed by atoms with Crippen molar-refractivity contribution < 1.29 is 4.74 Å². The molecule has 0 aliphatic rings. The van der Waals surface area contributed by atoms with Crippen LogP contribution in [-0.2, 0) is 6.42 Å². The molecule has 2 aromatic rings. The molecule has 1 N–H and O–H groups in total. The second-order valence-corrected chi connectivity index (χ2v) is 3.69. The van der Waals surface area contributed by atoms with Gasteiger partial charge >= 0.3 is 0 Å². The van der Waals surface area contributed by atoms with Gasteiger partial charge in [-0.2, -0.15) is 0 Å². The molecule has 0 amide bonds. The molecule has 0 unspecified atom stereocenters. The van der Waals surface area contributed by atoms with Crippen LogP contribution in [0.2, 0.25) is 0 Å². The number of benzene rings is 1. The Labute approximate surface area is 89.9 Å². The quantitative estimate of drug-likeness (QED) is 0.811. The standard InChI is InChI=1S/C13H15NO/c1-10-3-6-12(14-10)9-11-4-7-13(15-2)8-5-11/h3-8,14H,9H2,1-2H3. The summed E-state index contributed by atoms with van der Waals surface area (Å²) in [7, 11) is 1.68. The van der Waals surface area contributed by atoms with Gasteiger partial charge < -0.3 is 9.72 Å². The van der Waals surface area contributed by atoms with Crippen LogP contribution in [0, 0.1) is 6.92 Å². The Hall–Kier alpha value is -1.70. The molecular formula is C13H15NO. The predicted molar refractivity (Wildman–Crippen MR) is 61.3 cm³/mol. The number of ether oxygens (including phenoxy) is 1. The number of hydrogen-bond donors (Lipinski definition) is 1. The van der Waals surface area contributed by atoms with Crippen molar-refractivity contribution in [2.75, 3.05) is 7.11 Å². The zero-order valence-corrected chi connectivity index (χ0v) is 9.08. The van der Waals surface area contributed by atoms with Crippen LogP contribution in [0.4, 0.5) is 0 Å². The van der Waals surface area contributed by atoms with Crippen LogP contribution in [0.25, 0.3) is 0 Å². The molecule has 0 spiro atoms. The number of methoxy groups -OCH3 is 1. The summed E-state index contributed by atoms with van der Waals surface area (Å²) in [5.74, 6) is 0.904.